The topological polar surface area (TPSA) is 95.9 Å². The minimum atomic E-state index is -0.781. The molecule has 0 saturated heterocycles. The molecule has 0 bridgehead atoms. The molecular weight excluding hydrogens is 659 g/mol. The summed E-state index contributed by atoms with van der Waals surface area (Å²) >= 11 is 0. The van der Waals surface area contributed by atoms with Crippen molar-refractivity contribution in [3.63, 3.8) is 0 Å². The van der Waals surface area contributed by atoms with Gasteiger partial charge in [-0.3, -0.25) is 9.59 Å². The highest BCUT2D eigenvalue weighted by molar-refractivity contribution is 5.77. The fraction of sp³-hybridized carbons (Fsp3) is 0.915. The molecule has 0 fully saturated rings. The molecule has 1 amide bonds. The van der Waals surface area contributed by atoms with Crippen molar-refractivity contribution in [1.29, 1.82) is 0 Å². The fourth-order valence-corrected chi connectivity index (χ4v) is 7.26. The SMILES string of the molecule is CCC/C=C\CCCCCCCC(=O)OC(CCCCCCCCCC)CC(=O)NC(CO)C(O)CCCCCCCCCCCCCCCCCC. The van der Waals surface area contributed by atoms with Crippen LogP contribution in [0.3, 0.4) is 0 Å². The van der Waals surface area contributed by atoms with Crippen molar-refractivity contribution < 1.29 is 24.5 Å². The zero-order valence-corrected chi connectivity index (χ0v) is 35.7. The molecule has 0 aliphatic rings. The maximum absolute atomic E-state index is 13.1. The Labute approximate surface area is 329 Å². The lowest BCUT2D eigenvalue weighted by Gasteiger charge is -2.24. The van der Waals surface area contributed by atoms with Crippen LogP contribution in [-0.4, -0.2) is 46.9 Å². The van der Waals surface area contributed by atoms with Crippen LogP contribution < -0.4 is 5.32 Å². The Morgan fingerprint density at radius 1 is 0.528 bits per heavy atom. The van der Waals surface area contributed by atoms with E-state index in [1.807, 2.05) is 0 Å². The highest BCUT2D eigenvalue weighted by Crippen LogP contribution is 2.18. The number of unbranched alkanes of at least 4 members (excludes halogenated alkanes) is 28. The van der Waals surface area contributed by atoms with Gasteiger partial charge in [-0.1, -0.05) is 206 Å². The van der Waals surface area contributed by atoms with Crippen LogP contribution in [0.1, 0.15) is 252 Å². The van der Waals surface area contributed by atoms with Crippen LogP contribution in [0.15, 0.2) is 12.2 Å². The maximum atomic E-state index is 13.1. The molecule has 3 unspecified atom stereocenters. The van der Waals surface area contributed by atoms with E-state index in [4.69, 9.17) is 4.74 Å². The molecule has 0 aliphatic carbocycles. The summed E-state index contributed by atoms with van der Waals surface area (Å²) in [6.07, 6.45) is 44.2. The smallest absolute Gasteiger partial charge is 0.306 e. The average molecular weight is 750 g/mol. The Balaban J connectivity index is 4.38. The summed E-state index contributed by atoms with van der Waals surface area (Å²) in [7, 11) is 0. The first-order valence-corrected chi connectivity index (χ1v) is 23.4. The number of rotatable bonds is 42. The number of carbonyl (C=O) groups is 2. The first-order valence-electron chi connectivity index (χ1n) is 23.4. The summed E-state index contributed by atoms with van der Waals surface area (Å²) in [6, 6.07) is -0.694. The molecule has 0 spiro atoms. The number of amides is 1. The van der Waals surface area contributed by atoms with Crippen LogP contribution in [0.25, 0.3) is 0 Å². The van der Waals surface area contributed by atoms with Crippen LogP contribution in [0.4, 0.5) is 0 Å². The van der Waals surface area contributed by atoms with E-state index in [2.05, 4.69) is 38.2 Å². The molecule has 3 N–H and O–H groups in total. The zero-order chi connectivity index (χ0) is 38.9. The van der Waals surface area contributed by atoms with Crippen molar-refractivity contribution in [3.05, 3.63) is 12.2 Å². The van der Waals surface area contributed by atoms with E-state index in [0.29, 0.717) is 19.3 Å². The lowest BCUT2D eigenvalue weighted by molar-refractivity contribution is -0.151. The van der Waals surface area contributed by atoms with Crippen molar-refractivity contribution in [2.45, 2.75) is 270 Å². The third-order valence-electron chi connectivity index (χ3n) is 10.8. The van der Waals surface area contributed by atoms with Gasteiger partial charge < -0.3 is 20.3 Å². The zero-order valence-electron chi connectivity index (χ0n) is 35.7. The number of carbonyl (C=O) groups excluding carboxylic acids is 2. The normalized spacial score (nSPS) is 13.4. The van der Waals surface area contributed by atoms with Gasteiger partial charge in [-0.05, 0) is 44.9 Å². The van der Waals surface area contributed by atoms with Crippen molar-refractivity contribution in [2.24, 2.45) is 0 Å². The molecule has 6 nitrogen and oxygen atoms in total. The predicted octanol–water partition coefficient (Wildman–Crippen LogP) is 13.4. The molecule has 0 radical (unpaired) electrons. The highest BCUT2D eigenvalue weighted by atomic mass is 16.5. The molecule has 0 aliphatic heterocycles. The second-order valence-electron chi connectivity index (χ2n) is 16.2. The van der Waals surface area contributed by atoms with Gasteiger partial charge in [0.05, 0.1) is 25.2 Å². The van der Waals surface area contributed by atoms with Crippen molar-refractivity contribution in [2.75, 3.05) is 6.61 Å². The summed E-state index contributed by atoms with van der Waals surface area (Å²) in [5, 5.41) is 23.6. The minimum Gasteiger partial charge on any atom is -0.462 e. The monoisotopic (exact) mass is 750 g/mol. The third-order valence-corrected chi connectivity index (χ3v) is 10.8. The molecule has 3 atom stereocenters. The van der Waals surface area contributed by atoms with Crippen molar-refractivity contribution in [1.82, 2.24) is 5.32 Å². The molecule has 53 heavy (non-hydrogen) atoms. The van der Waals surface area contributed by atoms with Crippen LogP contribution in [0.5, 0.6) is 0 Å². The van der Waals surface area contributed by atoms with E-state index in [0.717, 1.165) is 57.8 Å². The highest BCUT2D eigenvalue weighted by Gasteiger charge is 2.24. The predicted molar refractivity (Wildman–Crippen MR) is 227 cm³/mol. The van der Waals surface area contributed by atoms with Crippen LogP contribution in [0.2, 0.25) is 0 Å². The molecule has 0 aromatic heterocycles. The number of esters is 1. The second-order valence-corrected chi connectivity index (χ2v) is 16.2. The van der Waals surface area contributed by atoms with Gasteiger partial charge in [0, 0.05) is 6.42 Å². The Morgan fingerprint density at radius 3 is 1.42 bits per heavy atom. The molecule has 0 aromatic carbocycles. The van der Waals surface area contributed by atoms with E-state index in [1.54, 1.807) is 0 Å². The van der Waals surface area contributed by atoms with Gasteiger partial charge in [-0.2, -0.15) is 0 Å². The number of aliphatic hydroxyl groups excluding tert-OH is 2. The van der Waals surface area contributed by atoms with Crippen LogP contribution in [0, 0.1) is 0 Å². The summed E-state index contributed by atoms with van der Waals surface area (Å²) in [5.74, 6) is -0.479. The standard InChI is InChI=1S/C47H91NO5/c1-4-7-10-13-16-19-21-22-23-24-25-26-27-30-33-36-39-45(50)44(42-49)48-46(51)41-43(38-35-32-29-18-15-12-9-6-3)53-47(52)40-37-34-31-28-20-17-14-11-8-5-2/h11,14,43-45,49-50H,4-10,12-13,15-42H2,1-3H3,(H,48,51)/b14-11-. The van der Waals surface area contributed by atoms with E-state index < -0.39 is 18.2 Å². The number of ether oxygens (including phenoxy) is 1. The van der Waals surface area contributed by atoms with Gasteiger partial charge in [-0.15, -0.1) is 0 Å². The first-order chi connectivity index (χ1) is 26.0. The van der Waals surface area contributed by atoms with Crippen molar-refractivity contribution >= 4 is 11.9 Å². The summed E-state index contributed by atoms with van der Waals surface area (Å²) < 4.78 is 5.87. The fourth-order valence-electron chi connectivity index (χ4n) is 7.26. The quantitative estimate of drug-likeness (QED) is 0.0328. The lowest BCUT2D eigenvalue weighted by atomic mass is 10.0. The molecule has 0 rings (SSSR count). The summed E-state index contributed by atoms with van der Waals surface area (Å²) in [6.45, 7) is 6.41. The Bertz CT molecular complexity index is 802. The van der Waals surface area contributed by atoms with Gasteiger partial charge in [-0.25, -0.2) is 0 Å². The van der Waals surface area contributed by atoms with Gasteiger partial charge in [0.25, 0.3) is 0 Å². The molecule has 0 saturated carbocycles. The Hall–Kier alpha value is -1.40. The number of aliphatic hydroxyl groups is 2. The third kappa shape index (κ3) is 37.3. The van der Waals surface area contributed by atoms with E-state index >= 15 is 0 Å². The summed E-state index contributed by atoms with van der Waals surface area (Å²) in [5.41, 5.74) is 0. The Morgan fingerprint density at radius 2 is 0.943 bits per heavy atom. The van der Waals surface area contributed by atoms with Crippen molar-refractivity contribution in [3.8, 4) is 0 Å². The lowest BCUT2D eigenvalue weighted by Crippen LogP contribution is -2.46. The van der Waals surface area contributed by atoms with Gasteiger partial charge in [0.2, 0.25) is 5.91 Å². The van der Waals surface area contributed by atoms with Crippen LogP contribution in [-0.2, 0) is 14.3 Å². The minimum absolute atomic E-state index is 0.0794. The number of hydrogen-bond donors (Lipinski definition) is 3. The number of hydrogen-bond acceptors (Lipinski definition) is 5. The van der Waals surface area contributed by atoms with Gasteiger partial charge in [0.15, 0.2) is 0 Å². The number of allylic oxidation sites excluding steroid dienone is 2. The van der Waals surface area contributed by atoms with E-state index in [1.165, 1.54) is 148 Å². The largest absolute Gasteiger partial charge is 0.462 e. The second kappa shape index (κ2) is 41.8. The molecule has 314 valence electrons. The van der Waals surface area contributed by atoms with Crippen LogP contribution >= 0.6 is 0 Å². The molecule has 0 aromatic rings. The molecular formula is C47H91NO5. The maximum Gasteiger partial charge on any atom is 0.306 e. The molecule has 6 heteroatoms. The number of nitrogens with one attached hydrogen (secondary N) is 1. The summed E-state index contributed by atoms with van der Waals surface area (Å²) in [4.78, 5) is 25.9. The Kier molecular flexibility index (Phi) is 40.7. The first kappa shape index (κ1) is 51.6. The molecule has 0 heterocycles. The van der Waals surface area contributed by atoms with E-state index in [9.17, 15) is 19.8 Å². The van der Waals surface area contributed by atoms with Gasteiger partial charge in [0.1, 0.15) is 6.10 Å². The average Bonchev–Trinajstić information content (AvgIpc) is 3.15. The van der Waals surface area contributed by atoms with E-state index in [-0.39, 0.29) is 24.9 Å². The van der Waals surface area contributed by atoms with Gasteiger partial charge >= 0.3 is 5.97 Å².